The number of likely N-dealkylation sites (N-methyl/N-ethyl adjacent to an activating group) is 1. The van der Waals surface area contributed by atoms with Gasteiger partial charge in [-0.3, -0.25) is 67.3 Å². The molecule has 0 aromatic carbocycles. The minimum atomic E-state index is -2.17. The van der Waals surface area contributed by atoms with Gasteiger partial charge in [-0.2, -0.15) is 0 Å². The van der Waals surface area contributed by atoms with Gasteiger partial charge in [0.05, 0.1) is 45.1 Å². The molecule has 24 N–H and O–H groups in total. The number of hydrogen-bond acceptors (Lipinski definition) is 30. The Morgan fingerprint density at radius 2 is 1.03 bits per heavy atom. The second-order valence-corrected chi connectivity index (χ2v) is 28.8. The highest BCUT2D eigenvalue weighted by Crippen LogP contribution is 2.34. The first-order valence-corrected chi connectivity index (χ1v) is 37.4. The lowest BCUT2D eigenvalue weighted by atomic mass is 9.94. The van der Waals surface area contributed by atoms with Gasteiger partial charge in [0.2, 0.25) is 76.8 Å². The number of aliphatic hydroxyl groups excluding tert-OH is 9. The number of primary amides is 1. The van der Waals surface area contributed by atoms with Gasteiger partial charge in [0, 0.05) is 46.6 Å². The summed E-state index contributed by atoms with van der Waals surface area (Å²) in [6.07, 6.45) is -23.8. The average Bonchev–Trinajstić information content (AvgIpc) is 0.828. The molecule has 0 spiro atoms. The van der Waals surface area contributed by atoms with Gasteiger partial charge < -0.3 is 159 Å². The molecule has 26 atom stereocenters. The zero-order valence-corrected chi connectivity index (χ0v) is 63.4. The number of aliphatic imine (C=N–C) groups is 1. The van der Waals surface area contributed by atoms with E-state index >= 15 is 4.79 Å². The largest absolute Gasteiger partial charge is 0.394 e. The molecule has 45 heteroatoms. The lowest BCUT2D eigenvalue weighted by Gasteiger charge is -2.48. The highest BCUT2D eigenvalue weighted by molar-refractivity contribution is 5.99. The Bertz CT molecular complexity index is 3350. The second kappa shape index (κ2) is 41.7. The fourth-order valence-electron chi connectivity index (χ4n) is 14.6. The molecule has 7 saturated heterocycles. The van der Waals surface area contributed by atoms with Gasteiger partial charge >= 0.3 is 0 Å². The van der Waals surface area contributed by atoms with Crippen LogP contribution in [0.2, 0.25) is 0 Å². The maximum atomic E-state index is 15.1. The highest BCUT2D eigenvalue weighted by Gasteiger charge is 2.55. The molecule has 0 bridgehead atoms. The molecular weight excluding hydrogens is 1490 g/mol. The molecule has 0 aliphatic carbocycles. The van der Waals surface area contributed by atoms with Crippen LogP contribution in [0.3, 0.4) is 0 Å². The van der Waals surface area contributed by atoms with Crippen molar-refractivity contribution < 1.29 is 137 Å². The number of carbonyl (C=O) groups is 13. The highest BCUT2D eigenvalue weighted by atomic mass is 16.7. The molecule has 0 radical (unpaired) electrons. The Hall–Kier alpha value is -8.26. The molecule has 632 valence electrons. The summed E-state index contributed by atoms with van der Waals surface area (Å²) in [5, 5.41) is 120. The van der Waals surface area contributed by atoms with Gasteiger partial charge in [-0.25, -0.2) is 0 Å². The maximum Gasteiger partial charge on any atom is 0.246 e. The second-order valence-electron chi connectivity index (χ2n) is 28.8. The number of amides is 13. The van der Waals surface area contributed by atoms with Crippen molar-refractivity contribution in [2.24, 2.45) is 22.2 Å². The van der Waals surface area contributed by atoms with Crippen molar-refractivity contribution in [1.29, 1.82) is 0 Å². The zero-order valence-electron chi connectivity index (χ0n) is 63.4. The summed E-state index contributed by atoms with van der Waals surface area (Å²) < 4.78 is 36.0. The van der Waals surface area contributed by atoms with E-state index < -0.39 is 262 Å². The number of carbonyl (C=O) groups excluding carboxylic acids is 13. The van der Waals surface area contributed by atoms with Crippen LogP contribution in [-0.2, 0) is 90.8 Å². The van der Waals surface area contributed by atoms with E-state index in [0.29, 0.717) is 38.5 Å². The number of aliphatic hydroxyl groups is 9. The summed E-state index contributed by atoms with van der Waals surface area (Å²) in [6, 6.07) is -16.4. The average molecular weight is 1600 g/mol. The third kappa shape index (κ3) is 22.8. The normalized spacial score (nSPS) is 31.1. The molecule has 7 aliphatic rings. The first-order chi connectivity index (χ1) is 53.0. The number of rotatable bonds is 35. The molecule has 45 nitrogen and oxygen atoms in total. The van der Waals surface area contributed by atoms with E-state index in [1.807, 2.05) is 0 Å². The standard InChI is InChI=1S/C67H111N17O28/c1-28(54(68)97)74-57(100)38-16-11-21-83(38)63(106)39-17-12-22-84(39)61(104)30(3)76-59(102)44(80-55(98)35(24-85)79-43(90)23-73-56(99)36-14-9-19-81(36)60(103)29(2)75-58(101)37-15-10-20-82(37)62(105)34(71-7)13-8-18-72-67(69)70)31(4)108-65-46(78-33(6)89)53(112-66-52(96)51(95)48(92)41(26-87)110-66)49(93)42(111-65)27-107-64-45(77-32(5)88)50(94)47(91)40(25-86)109-64/h28-31,34-42,44-53,64-66,71,85-87,91-96H,8-27H2,1-7H3,(H2,68,97)(H,73,99)(H,74,100)(H,75,101)(H,76,102)(H,77,88)(H,78,89)(H,79,90)(H,80,98)(H4,69,70,72)/t28?,29?,30?,31?,34?,35?,36?,37?,38?,39?,40?,41?,42?,44?,45-,46-,47+,48-,49-,50?,51?,52-,53?,64+,65-,66-/m0/s1. The number of likely N-dealkylation sites (tertiary alicyclic amines) is 4. The van der Waals surface area contributed by atoms with E-state index in [4.69, 9.17) is 45.6 Å². The van der Waals surface area contributed by atoms with Gasteiger partial charge in [0.1, 0.15) is 127 Å². The summed E-state index contributed by atoms with van der Waals surface area (Å²) in [7, 11) is 1.60. The lowest BCUT2D eigenvalue weighted by Crippen LogP contribution is -2.69. The SMILES string of the molecule is CNC(CCCN=C(N)N)C(=O)N1CCCC1C(=O)NC(C)C(=O)N1CCCC1C(=O)NCC(=O)NC(CO)C(=O)NC(C(=O)NC(C)C(=O)N1CCCC1C(=O)N1CCCC1C(=O)NC(C)C(N)=O)C(C)O[C@H]1OC(CO[C@@H]2OC(CO)[C@@H](O)C(O)[C@@H]2NC(C)=O)[C@H](O)C(O[C@@H]2OC(CO)[C@H](O)C(O)[C@@H]2O)[C@@H]1NC(C)=O. The molecular formula is C67H111N17O28. The lowest BCUT2D eigenvalue weighted by molar-refractivity contribution is -0.352. The van der Waals surface area contributed by atoms with Crippen molar-refractivity contribution in [1.82, 2.24) is 67.5 Å². The van der Waals surface area contributed by atoms with E-state index in [-0.39, 0.29) is 70.3 Å². The number of guanidine groups is 1. The maximum absolute atomic E-state index is 15.1. The van der Waals surface area contributed by atoms with Crippen LogP contribution in [-0.4, -0.2) is 380 Å². The van der Waals surface area contributed by atoms with Crippen LogP contribution >= 0.6 is 0 Å². The molecule has 17 unspecified atom stereocenters. The van der Waals surface area contributed by atoms with Gasteiger partial charge in [0.15, 0.2) is 24.8 Å². The summed E-state index contributed by atoms with van der Waals surface area (Å²) in [5.74, 6) is -10.9. The van der Waals surface area contributed by atoms with Crippen LogP contribution in [0.15, 0.2) is 4.99 Å². The van der Waals surface area contributed by atoms with E-state index in [0.717, 1.165) is 20.8 Å². The minimum absolute atomic E-state index is 0.0280. The van der Waals surface area contributed by atoms with Crippen LogP contribution in [0.4, 0.5) is 0 Å². The van der Waals surface area contributed by atoms with Gasteiger partial charge in [-0.05, 0) is 99.0 Å². The summed E-state index contributed by atoms with van der Waals surface area (Å²) in [5.41, 5.74) is 16.2. The Labute approximate surface area is 644 Å². The van der Waals surface area contributed by atoms with Gasteiger partial charge in [-0.1, -0.05) is 0 Å². The molecule has 112 heavy (non-hydrogen) atoms. The number of nitrogens with zero attached hydrogens (tertiary/aromatic N) is 5. The van der Waals surface area contributed by atoms with Crippen molar-refractivity contribution in [3.05, 3.63) is 0 Å². The number of nitrogens with one attached hydrogen (secondary N) is 9. The van der Waals surface area contributed by atoms with Crippen LogP contribution < -0.4 is 65.1 Å². The van der Waals surface area contributed by atoms with E-state index in [2.05, 4.69) is 52.8 Å². The Kier molecular flexibility index (Phi) is 33.8. The first-order valence-electron chi connectivity index (χ1n) is 37.4. The van der Waals surface area contributed by atoms with Crippen molar-refractivity contribution in [2.75, 3.05) is 72.7 Å². The molecule has 13 amide bonds. The van der Waals surface area contributed by atoms with E-state index in [1.165, 1.54) is 40.4 Å². The minimum Gasteiger partial charge on any atom is -0.394 e. The van der Waals surface area contributed by atoms with Crippen molar-refractivity contribution in [3.8, 4) is 0 Å². The third-order valence-corrected chi connectivity index (χ3v) is 20.7. The van der Waals surface area contributed by atoms with E-state index in [9.17, 15) is 103 Å². The topological polar surface area (TPSA) is 671 Å². The first kappa shape index (κ1) is 90.9. The Morgan fingerprint density at radius 1 is 0.527 bits per heavy atom. The van der Waals surface area contributed by atoms with Gasteiger partial charge in [0.25, 0.3) is 0 Å². The predicted molar refractivity (Wildman–Crippen MR) is 380 cm³/mol. The fourth-order valence-corrected chi connectivity index (χ4v) is 14.6. The van der Waals surface area contributed by atoms with Crippen LogP contribution in [0.25, 0.3) is 0 Å². The molecule has 7 fully saturated rings. The third-order valence-electron chi connectivity index (χ3n) is 20.7. The monoisotopic (exact) mass is 1600 g/mol. The number of ether oxygens (including phenoxy) is 6. The number of hydrogen-bond donors (Lipinski definition) is 21. The molecule has 0 aromatic rings. The smallest absolute Gasteiger partial charge is 0.246 e. The molecule has 7 aliphatic heterocycles. The Morgan fingerprint density at radius 3 is 1.58 bits per heavy atom. The van der Waals surface area contributed by atoms with E-state index in [1.54, 1.807) is 7.05 Å². The summed E-state index contributed by atoms with van der Waals surface area (Å²) in [4.78, 5) is 188. The number of nitrogens with two attached hydrogens (primary N) is 3. The van der Waals surface area contributed by atoms with Crippen molar-refractivity contribution >= 4 is 82.8 Å². The summed E-state index contributed by atoms with van der Waals surface area (Å²) >= 11 is 0. The predicted octanol–water partition coefficient (Wildman–Crippen LogP) is -13.2. The molecule has 0 aromatic heterocycles. The van der Waals surface area contributed by atoms with Crippen LogP contribution in [0.1, 0.15) is 106 Å². The summed E-state index contributed by atoms with van der Waals surface area (Å²) in [6.45, 7) is 2.97. The van der Waals surface area contributed by atoms with Crippen molar-refractivity contribution in [2.45, 2.75) is 264 Å². The Balaban J connectivity index is 1.12. The molecule has 7 rings (SSSR count). The quantitative estimate of drug-likeness (QED) is 0.0159. The fraction of sp³-hybridized carbons (Fsp3) is 0.791. The molecule has 0 saturated carbocycles. The zero-order chi connectivity index (χ0) is 82.9. The van der Waals surface area contributed by atoms with Crippen LogP contribution in [0.5, 0.6) is 0 Å². The van der Waals surface area contributed by atoms with Gasteiger partial charge in [-0.15, -0.1) is 0 Å². The van der Waals surface area contributed by atoms with Crippen molar-refractivity contribution in [3.63, 3.8) is 0 Å². The molecule has 7 heterocycles. The van der Waals surface area contributed by atoms with Crippen LogP contribution in [0, 0.1) is 0 Å².